The smallest absolute Gasteiger partial charge is 0.265 e. The first-order valence-electron chi connectivity index (χ1n) is 9.80. The Balaban J connectivity index is 1.77. The van der Waals surface area contributed by atoms with Crippen molar-refractivity contribution in [3.05, 3.63) is 53.6 Å². The zero-order chi connectivity index (χ0) is 22.5. The summed E-state index contributed by atoms with van der Waals surface area (Å²) in [6.07, 6.45) is 0. The number of Topliss-reactive ketones (excluding diaryl/α,β-unsaturated/α-hetero) is 1. The molecule has 31 heavy (non-hydrogen) atoms. The molecule has 0 saturated carbocycles. The maximum Gasteiger partial charge on any atom is 0.265 e. The van der Waals surface area contributed by atoms with Gasteiger partial charge in [-0.3, -0.25) is 19.3 Å². The van der Waals surface area contributed by atoms with E-state index in [2.05, 4.69) is 0 Å². The SMILES string of the molecule is CCN(CC)C(=O)CN1C(=O)COc2ccc(C(=O)COc3ccc(F)c(F)c3)cc21. The Morgan fingerprint density at radius 2 is 1.84 bits per heavy atom. The van der Waals surface area contributed by atoms with Gasteiger partial charge in [-0.1, -0.05) is 0 Å². The summed E-state index contributed by atoms with van der Waals surface area (Å²) in [6.45, 7) is 3.93. The molecule has 0 fully saturated rings. The number of anilines is 1. The minimum absolute atomic E-state index is 0.00941. The lowest BCUT2D eigenvalue weighted by Gasteiger charge is -2.31. The van der Waals surface area contributed by atoms with Gasteiger partial charge in [-0.25, -0.2) is 8.78 Å². The molecule has 1 aliphatic heterocycles. The number of fused-ring (bicyclic) bond motifs is 1. The highest BCUT2D eigenvalue weighted by Crippen LogP contribution is 2.33. The maximum atomic E-state index is 13.3. The molecule has 0 saturated heterocycles. The summed E-state index contributed by atoms with van der Waals surface area (Å²) in [5.41, 5.74) is 0.537. The van der Waals surface area contributed by atoms with E-state index in [1.54, 1.807) is 11.0 Å². The summed E-state index contributed by atoms with van der Waals surface area (Å²) < 4.78 is 37.0. The number of ether oxygens (including phenoxy) is 2. The molecule has 0 spiro atoms. The minimum Gasteiger partial charge on any atom is -0.485 e. The van der Waals surface area contributed by atoms with Crippen molar-refractivity contribution in [1.29, 1.82) is 0 Å². The van der Waals surface area contributed by atoms with Gasteiger partial charge in [0.05, 0.1) is 5.69 Å². The Morgan fingerprint density at radius 1 is 1.10 bits per heavy atom. The fourth-order valence-electron chi connectivity index (χ4n) is 3.16. The average molecular weight is 432 g/mol. The summed E-state index contributed by atoms with van der Waals surface area (Å²) in [5, 5.41) is 0. The molecular weight excluding hydrogens is 410 g/mol. The number of carbonyl (C=O) groups is 3. The number of hydrogen-bond donors (Lipinski definition) is 0. The van der Waals surface area contributed by atoms with Crippen LogP contribution in [0.2, 0.25) is 0 Å². The molecule has 9 heteroatoms. The van der Waals surface area contributed by atoms with Crippen molar-refractivity contribution >= 4 is 23.3 Å². The van der Waals surface area contributed by atoms with E-state index in [0.29, 0.717) is 24.5 Å². The lowest BCUT2D eigenvalue weighted by Crippen LogP contribution is -2.46. The number of halogens is 2. The van der Waals surface area contributed by atoms with Crippen molar-refractivity contribution in [2.45, 2.75) is 13.8 Å². The number of benzene rings is 2. The Kier molecular flexibility index (Phi) is 6.84. The van der Waals surface area contributed by atoms with Crippen LogP contribution in [0, 0.1) is 11.6 Å². The molecule has 2 amide bonds. The molecule has 0 radical (unpaired) electrons. The third-order valence-corrected chi connectivity index (χ3v) is 4.89. The van der Waals surface area contributed by atoms with Gasteiger partial charge in [0.25, 0.3) is 5.91 Å². The fourth-order valence-corrected chi connectivity index (χ4v) is 3.16. The lowest BCUT2D eigenvalue weighted by atomic mass is 10.1. The summed E-state index contributed by atoms with van der Waals surface area (Å²) in [7, 11) is 0. The standard InChI is InChI=1S/C22H22F2N2O5/c1-3-25(4-2)21(28)11-26-18-9-14(5-8-20(18)31-13-22(26)29)19(27)12-30-15-6-7-16(23)17(24)10-15/h5-10H,3-4,11-13H2,1-2H3. The Bertz CT molecular complexity index is 1010. The van der Waals surface area contributed by atoms with E-state index in [1.165, 1.54) is 23.1 Å². The van der Waals surface area contributed by atoms with Crippen LogP contribution >= 0.6 is 0 Å². The van der Waals surface area contributed by atoms with Gasteiger partial charge in [0, 0.05) is 24.7 Å². The molecule has 1 heterocycles. The maximum absolute atomic E-state index is 13.3. The highest BCUT2D eigenvalue weighted by molar-refractivity contribution is 6.04. The summed E-state index contributed by atoms with van der Waals surface area (Å²) in [4.78, 5) is 40.4. The number of rotatable bonds is 8. The van der Waals surface area contributed by atoms with E-state index < -0.39 is 29.9 Å². The zero-order valence-corrected chi connectivity index (χ0v) is 17.2. The van der Waals surface area contributed by atoms with Crippen molar-refractivity contribution in [2.24, 2.45) is 0 Å². The number of likely N-dealkylation sites (N-methyl/N-ethyl adjacent to an activating group) is 1. The van der Waals surface area contributed by atoms with E-state index >= 15 is 0 Å². The van der Waals surface area contributed by atoms with Gasteiger partial charge in [0.1, 0.15) is 18.0 Å². The predicted molar refractivity (Wildman–Crippen MR) is 108 cm³/mol. The summed E-state index contributed by atoms with van der Waals surface area (Å²) in [6, 6.07) is 7.48. The first-order chi connectivity index (χ1) is 14.8. The second-order valence-corrected chi connectivity index (χ2v) is 6.80. The van der Waals surface area contributed by atoms with Crippen LogP contribution in [0.3, 0.4) is 0 Å². The highest BCUT2D eigenvalue weighted by atomic mass is 19.2. The Morgan fingerprint density at radius 3 is 2.52 bits per heavy atom. The van der Waals surface area contributed by atoms with Crippen LogP contribution in [-0.4, -0.2) is 55.3 Å². The van der Waals surface area contributed by atoms with E-state index in [0.717, 1.165) is 12.1 Å². The summed E-state index contributed by atoms with van der Waals surface area (Å²) >= 11 is 0. The van der Waals surface area contributed by atoms with Gasteiger partial charge in [-0.15, -0.1) is 0 Å². The Labute approximate surface area is 178 Å². The minimum atomic E-state index is -1.08. The van der Waals surface area contributed by atoms with Crippen molar-refractivity contribution in [3.63, 3.8) is 0 Å². The van der Waals surface area contributed by atoms with Crippen LogP contribution < -0.4 is 14.4 Å². The molecule has 0 atom stereocenters. The number of carbonyl (C=O) groups excluding carboxylic acids is 3. The summed E-state index contributed by atoms with van der Waals surface area (Å²) in [5.74, 6) is -2.76. The van der Waals surface area contributed by atoms with Crippen LogP contribution in [0.5, 0.6) is 11.5 Å². The largest absolute Gasteiger partial charge is 0.485 e. The highest BCUT2D eigenvalue weighted by Gasteiger charge is 2.29. The van der Waals surface area contributed by atoms with Crippen LogP contribution in [-0.2, 0) is 9.59 Å². The molecule has 0 aromatic heterocycles. The molecule has 7 nitrogen and oxygen atoms in total. The van der Waals surface area contributed by atoms with Crippen LogP contribution in [0.25, 0.3) is 0 Å². The molecule has 164 valence electrons. The van der Waals surface area contributed by atoms with Gasteiger partial charge in [0.2, 0.25) is 5.91 Å². The molecular formula is C22H22F2N2O5. The van der Waals surface area contributed by atoms with Gasteiger partial charge >= 0.3 is 0 Å². The molecule has 1 aliphatic rings. The van der Waals surface area contributed by atoms with Crippen molar-refractivity contribution in [3.8, 4) is 11.5 Å². The van der Waals surface area contributed by atoms with E-state index in [4.69, 9.17) is 9.47 Å². The Hall–Kier alpha value is -3.49. The van der Waals surface area contributed by atoms with E-state index in [9.17, 15) is 23.2 Å². The first kappa shape index (κ1) is 22.2. The quantitative estimate of drug-likeness (QED) is 0.600. The van der Waals surface area contributed by atoms with E-state index in [1.807, 2.05) is 13.8 Å². The lowest BCUT2D eigenvalue weighted by molar-refractivity contribution is -0.131. The second kappa shape index (κ2) is 9.55. The zero-order valence-electron chi connectivity index (χ0n) is 17.2. The van der Waals surface area contributed by atoms with Crippen molar-refractivity contribution < 1.29 is 32.6 Å². The van der Waals surface area contributed by atoms with Crippen molar-refractivity contribution in [1.82, 2.24) is 4.90 Å². The monoisotopic (exact) mass is 432 g/mol. The predicted octanol–water partition coefficient (Wildman–Crippen LogP) is 2.82. The molecule has 0 unspecified atom stereocenters. The number of nitrogens with zero attached hydrogens (tertiary/aromatic N) is 2. The van der Waals surface area contributed by atoms with E-state index in [-0.39, 0.29) is 30.4 Å². The molecule has 0 N–H and O–H groups in total. The number of ketones is 1. The van der Waals surface area contributed by atoms with Gasteiger partial charge < -0.3 is 14.4 Å². The van der Waals surface area contributed by atoms with Gasteiger partial charge in [-0.2, -0.15) is 0 Å². The topological polar surface area (TPSA) is 76.2 Å². The second-order valence-electron chi connectivity index (χ2n) is 6.80. The van der Waals surface area contributed by atoms with Crippen molar-refractivity contribution in [2.75, 3.05) is 37.7 Å². The molecule has 2 aromatic carbocycles. The molecule has 0 aliphatic carbocycles. The number of hydrogen-bond acceptors (Lipinski definition) is 5. The third kappa shape index (κ3) is 4.99. The van der Waals surface area contributed by atoms with Crippen LogP contribution in [0.15, 0.2) is 36.4 Å². The van der Waals surface area contributed by atoms with Crippen LogP contribution in [0.4, 0.5) is 14.5 Å². The first-order valence-corrected chi connectivity index (χ1v) is 9.80. The molecule has 0 bridgehead atoms. The number of amides is 2. The molecule has 3 rings (SSSR count). The van der Waals surface area contributed by atoms with Gasteiger partial charge in [0.15, 0.2) is 30.6 Å². The normalized spacial score (nSPS) is 12.8. The third-order valence-electron chi connectivity index (χ3n) is 4.89. The fraction of sp³-hybridized carbons (Fsp3) is 0.318. The molecule has 2 aromatic rings. The average Bonchev–Trinajstić information content (AvgIpc) is 2.76. The van der Waals surface area contributed by atoms with Crippen LogP contribution in [0.1, 0.15) is 24.2 Å². The van der Waals surface area contributed by atoms with Gasteiger partial charge in [-0.05, 0) is 44.2 Å².